The molecule has 0 spiro atoms. The molecule has 0 radical (unpaired) electrons. The van der Waals surface area contributed by atoms with Crippen LogP contribution in [0.5, 0.6) is 0 Å². The molecule has 0 saturated heterocycles. The van der Waals surface area contributed by atoms with Crippen molar-refractivity contribution in [2.75, 3.05) is 0 Å². The topological polar surface area (TPSA) is 54.2 Å². The normalized spacial score (nSPS) is 14.9. The molecule has 4 aromatic carbocycles. The molecule has 6 aromatic rings. The number of nitrogens with zero attached hydrogens (tertiary/aromatic N) is 3. The van der Waals surface area contributed by atoms with Crippen LogP contribution in [0.4, 0.5) is 4.39 Å². The first-order chi connectivity index (χ1) is 20.6. The van der Waals surface area contributed by atoms with Gasteiger partial charge < -0.3 is 9.88 Å². The Morgan fingerprint density at radius 2 is 1.69 bits per heavy atom. The molecule has 0 saturated carbocycles. The van der Waals surface area contributed by atoms with E-state index in [1.54, 1.807) is 18.0 Å². The second kappa shape index (κ2) is 11.4. The minimum atomic E-state index is -0.254. The van der Waals surface area contributed by atoms with Crippen LogP contribution in [0.15, 0.2) is 120 Å². The molecule has 5 nitrogen and oxygen atoms in total. The lowest BCUT2D eigenvalue weighted by Crippen LogP contribution is -2.31. The van der Waals surface area contributed by atoms with Gasteiger partial charge in [0.25, 0.3) is 0 Å². The van der Waals surface area contributed by atoms with Crippen molar-refractivity contribution >= 4 is 57.1 Å². The van der Waals surface area contributed by atoms with E-state index in [9.17, 15) is 4.39 Å². The number of hydrogen-bond acceptors (Lipinski definition) is 5. The monoisotopic (exact) mass is 589 g/mol. The lowest BCUT2D eigenvalue weighted by atomic mass is 10.1. The maximum absolute atomic E-state index is 13.7. The molecule has 7 rings (SSSR count). The van der Waals surface area contributed by atoms with Gasteiger partial charge in [0.15, 0.2) is 5.50 Å². The van der Waals surface area contributed by atoms with Crippen LogP contribution in [0.1, 0.15) is 16.8 Å². The number of benzene rings is 4. The van der Waals surface area contributed by atoms with Crippen molar-refractivity contribution in [2.24, 2.45) is 5.10 Å². The Balaban J connectivity index is 1.28. The molecule has 1 atom stereocenters. The number of halogens is 2. The zero-order valence-electron chi connectivity index (χ0n) is 22.3. The van der Waals surface area contributed by atoms with E-state index < -0.39 is 0 Å². The number of para-hydroxylation sites is 1. The predicted octanol–water partition coefficient (Wildman–Crippen LogP) is 8.24. The summed E-state index contributed by atoms with van der Waals surface area (Å²) >= 11 is 8.37. The smallest absolute Gasteiger partial charge is 0.165 e. The number of fused-ring (bicyclic) bond motifs is 3. The Labute approximate surface area is 251 Å². The molecule has 2 N–H and O–H groups in total. The van der Waals surface area contributed by atoms with E-state index in [-0.39, 0.29) is 11.3 Å². The van der Waals surface area contributed by atoms with Crippen LogP contribution in [-0.2, 0) is 6.54 Å². The number of hydrazone groups is 1. The van der Waals surface area contributed by atoms with E-state index in [0.717, 1.165) is 49.9 Å². The van der Waals surface area contributed by atoms with E-state index in [2.05, 4.69) is 56.2 Å². The molecule has 0 amide bonds. The highest BCUT2D eigenvalue weighted by Gasteiger charge is 2.20. The standard InChI is InChI=1S/C34H25ClFN5S/c35-29-12-6-4-11-27(29)32-33-28(26-10-5-7-13-31(26)41(33)20-22-14-16-24(36)17-15-22)18-25(38-32)19-37-40-34-39-30(21-42-34)23-8-2-1-3-9-23/h1-19,21,34,39-40H,20H2. The van der Waals surface area contributed by atoms with Gasteiger partial charge in [-0.25, -0.2) is 9.37 Å². The summed E-state index contributed by atoms with van der Waals surface area (Å²) in [5.41, 5.74) is 10.6. The molecule has 0 aliphatic carbocycles. The van der Waals surface area contributed by atoms with Crippen LogP contribution < -0.4 is 10.7 Å². The number of aromatic nitrogens is 2. The van der Waals surface area contributed by atoms with E-state index in [1.165, 1.54) is 12.1 Å². The molecule has 2 aromatic heterocycles. The molecular formula is C34H25ClFN5S. The number of rotatable bonds is 7. The lowest BCUT2D eigenvalue weighted by molar-refractivity contribution is 0.626. The molecule has 1 aliphatic rings. The molecule has 0 fully saturated rings. The maximum Gasteiger partial charge on any atom is 0.165 e. The Kier molecular flexibility index (Phi) is 7.11. The highest BCUT2D eigenvalue weighted by Crippen LogP contribution is 2.38. The molecule has 42 heavy (non-hydrogen) atoms. The molecular weight excluding hydrogens is 565 g/mol. The van der Waals surface area contributed by atoms with Gasteiger partial charge in [-0.05, 0) is 46.9 Å². The van der Waals surface area contributed by atoms with Crippen LogP contribution >= 0.6 is 23.4 Å². The third-order valence-electron chi connectivity index (χ3n) is 7.23. The summed E-state index contributed by atoms with van der Waals surface area (Å²) in [4.78, 5) is 5.08. The van der Waals surface area contributed by atoms with Gasteiger partial charge in [-0.15, -0.1) is 0 Å². The van der Waals surface area contributed by atoms with Crippen molar-refractivity contribution in [1.29, 1.82) is 0 Å². The maximum atomic E-state index is 13.7. The average molecular weight is 590 g/mol. The molecule has 0 bridgehead atoms. The van der Waals surface area contributed by atoms with Crippen LogP contribution in [0.2, 0.25) is 5.02 Å². The molecule has 8 heteroatoms. The second-order valence-electron chi connectivity index (χ2n) is 9.95. The van der Waals surface area contributed by atoms with Crippen LogP contribution in [0.3, 0.4) is 0 Å². The van der Waals surface area contributed by atoms with Gasteiger partial charge in [0.1, 0.15) is 5.82 Å². The van der Waals surface area contributed by atoms with E-state index in [1.807, 2.05) is 66.7 Å². The molecule has 1 aliphatic heterocycles. The van der Waals surface area contributed by atoms with E-state index in [4.69, 9.17) is 16.6 Å². The van der Waals surface area contributed by atoms with Crippen molar-refractivity contribution in [3.63, 3.8) is 0 Å². The summed E-state index contributed by atoms with van der Waals surface area (Å²) < 4.78 is 15.9. The molecule has 3 heterocycles. The first-order valence-electron chi connectivity index (χ1n) is 13.5. The minimum Gasteiger partial charge on any atom is -0.355 e. The fourth-order valence-corrected chi connectivity index (χ4v) is 6.30. The first-order valence-corrected chi connectivity index (χ1v) is 14.8. The van der Waals surface area contributed by atoms with Gasteiger partial charge in [-0.2, -0.15) is 5.10 Å². The second-order valence-corrected chi connectivity index (χ2v) is 11.3. The van der Waals surface area contributed by atoms with Crippen molar-refractivity contribution in [3.8, 4) is 11.3 Å². The van der Waals surface area contributed by atoms with Crippen LogP contribution in [0.25, 0.3) is 38.8 Å². The van der Waals surface area contributed by atoms with E-state index >= 15 is 0 Å². The quantitative estimate of drug-likeness (QED) is 0.145. The van der Waals surface area contributed by atoms with Gasteiger partial charge in [0, 0.05) is 28.4 Å². The summed E-state index contributed by atoms with van der Waals surface area (Å²) in [7, 11) is 0. The van der Waals surface area contributed by atoms with Crippen molar-refractivity contribution in [1.82, 2.24) is 20.3 Å². The van der Waals surface area contributed by atoms with Crippen molar-refractivity contribution in [3.05, 3.63) is 142 Å². The van der Waals surface area contributed by atoms with Gasteiger partial charge in [0.2, 0.25) is 0 Å². The predicted molar refractivity (Wildman–Crippen MR) is 173 cm³/mol. The average Bonchev–Trinajstić information content (AvgIpc) is 3.62. The van der Waals surface area contributed by atoms with Crippen LogP contribution in [0, 0.1) is 5.82 Å². The third kappa shape index (κ3) is 5.13. The van der Waals surface area contributed by atoms with Crippen LogP contribution in [-0.4, -0.2) is 21.3 Å². The first kappa shape index (κ1) is 26.3. The summed E-state index contributed by atoms with van der Waals surface area (Å²) in [6, 6.07) is 34.9. The molecule has 1 unspecified atom stereocenters. The highest BCUT2D eigenvalue weighted by atomic mass is 35.5. The summed E-state index contributed by atoms with van der Waals surface area (Å²) in [6.45, 7) is 0.555. The summed E-state index contributed by atoms with van der Waals surface area (Å²) in [5.74, 6) is -0.254. The third-order valence-corrected chi connectivity index (χ3v) is 8.43. The van der Waals surface area contributed by atoms with Gasteiger partial charge in [0.05, 0.1) is 33.8 Å². The van der Waals surface area contributed by atoms with Gasteiger partial charge in [-0.3, -0.25) is 5.43 Å². The number of thioether (sulfide) groups is 1. The zero-order valence-corrected chi connectivity index (χ0v) is 23.9. The Bertz CT molecular complexity index is 1970. The number of pyridine rings is 1. The Morgan fingerprint density at radius 1 is 0.929 bits per heavy atom. The lowest BCUT2D eigenvalue weighted by Gasteiger charge is -2.13. The molecule has 206 valence electrons. The van der Waals surface area contributed by atoms with Crippen molar-refractivity contribution < 1.29 is 4.39 Å². The SMILES string of the molecule is Fc1ccc(Cn2c3ccccc3c3cc(C=NNC4NC(c5ccccc5)=CS4)nc(-c4ccccc4Cl)c32)cc1. The Hall–Kier alpha value is -4.59. The van der Waals surface area contributed by atoms with Gasteiger partial charge in [-0.1, -0.05) is 102 Å². The largest absolute Gasteiger partial charge is 0.355 e. The fraction of sp³-hybridized carbons (Fsp3) is 0.0588. The fourth-order valence-electron chi connectivity index (χ4n) is 5.29. The number of nitrogens with one attached hydrogen (secondary N) is 2. The summed E-state index contributed by atoms with van der Waals surface area (Å²) in [6.07, 6.45) is 1.74. The number of hydrogen-bond donors (Lipinski definition) is 2. The van der Waals surface area contributed by atoms with E-state index in [0.29, 0.717) is 17.3 Å². The van der Waals surface area contributed by atoms with Crippen molar-refractivity contribution in [2.45, 2.75) is 12.0 Å². The highest BCUT2D eigenvalue weighted by molar-refractivity contribution is 8.03. The van der Waals surface area contributed by atoms with Gasteiger partial charge >= 0.3 is 0 Å². The zero-order chi connectivity index (χ0) is 28.5. The minimum absolute atomic E-state index is 0.0964. The summed E-state index contributed by atoms with van der Waals surface area (Å²) in [5, 5.41) is 12.9. The Morgan fingerprint density at radius 3 is 2.52 bits per heavy atom.